The Morgan fingerprint density at radius 3 is 2.56 bits per heavy atom. The van der Waals surface area contributed by atoms with Crippen LogP contribution in [0.15, 0.2) is 6.20 Å². The van der Waals surface area contributed by atoms with Gasteiger partial charge in [-0.3, -0.25) is 9.48 Å². The van der Waals surface area contributed by atoms with Gasteiger partial charge in [0.25, 0.3) is 0 Å². The smallest absolute Gasteiger partial charge is 0.310 e. The van der Waals surface area contributed by atoms with Crippen molar-refractivity contribution < 1.29 is 9.90 Å². The van der Waals surface area contributed by atoms with Gasteiger partial charge < -0.3 is 5.11 Å². The second kappa shape index (κ2) is 3.92. The SMILES string of the molecule is CC(C(=O)O)c1cnn(C(C)C)c1C1CC1. The van der Waals surface area contributed by atoms with E-state index in [1.54, 1.807) is 13.1 Å². The third-order valence-corrected chi connectivity index (χ3v) is 3.15. The highest BCUT2D eigenvalue weighted by molar-refractivity contribution is 5.76. The van der Waals surface area contributed by atoms with Crippen molar-refractivity contribution in [2.24, 2.45) is 0 Å². The third kappa shape index (κ3) is 1.84. The highest BCUT2D eigenvalue weighted by atomic mass is 16.4. The molecule has 0 radical (unpaired) electrons. The van der Waals surface area contributed by atoms with Crippen molar-refractivity contribution in [3.05, 3.63) is 17.5 Å². The number of carboxylic acid groups (broad SMARTS) is 1. The molecule has 0 aliphatic heterocycles. The minimum atomic E-state index is -0.773. The van der Waals surface area contributed by atoms with Crippen LogP contribution in [0.1, 0.15) is 62.7 Å². The minimum Gasteiger partial charge on any atom is -0.481 e. The maximum atomic E-state index is 11.0. The van der Waals surface area contributed by atoms with Gasteiger partial charge in [-0.25, -0.2) is 0 Å². The van der Waals surface area contributed by atoms with Crippen molar-refractivity contribution in [3.8, 4) is 0 Å². The molecule has 0 aromatic carbocycles. The van der Waals surface area contributed by atoms with Crippen molar-refractivity contribution in [2.75, 3.05) is 0 Å². The lowest BCUT2D eigenvalue weighted by molar-refractivity contribution is -0.138. The Labute approximate surface area is 95.3 Å². The first-order valence-electron chi connectivity index (χ1n) is 5.82. The van der Waals surface area contributed by atoms with E-state index in [9.17, 15) is 4.79 Å². The Hall–Kier alpha value is -1.32. The average Bonchev–Trinajstić information content (AvgIpc) is 2.95. The summed E-state index contributed by atoms with van der Waals surface area (Å²) in [6.45, 7) is 5.89. The summed E-state index contributed by atoms with van der Waals surface area (Å²) in [7, 11) is 0. The van der Waals surface area contributed by atoms with Gasteiger partial charge in [0.05, 0.1) is 12.1 Å². The molecule has 0 saturated heterocycles. The summed E-state index contributed by atoms with van der Waals surface area (Å²) in [6, 6.07) is 0.297. The van der Waals surface area contributed by atoms with E-state index in [0.717, 1.165) is 24.1 Å². The van der Waals surface area contributed by atoms with Gasteiger partial charge in [0.1, 0.15) is 0 Å². The van der Waals surface area contributed by atoms with Gasteiger partial charge in [-0.1, -0.05) is 0 Å². The predicted molar refractivity (Wildman–Crippen MR) is 60.6 cm³/mol. The summed E-state index contributed by atoms with van der Waals surface area (Å²) in [4.78, 5) is 11.0. The zero-order chi connectivity index (χ0) is 11.9. The van der Waals surface area contributed by atoms with Crippen LogP contribution in [0.25, 0.3) is 0 Å². The lowest BCUT2D eigenvalue weighted by atomic mass is 10.00. The quantitative estimate of drug-likeness (QED) is 0.851. The van der Waals surface area contributed by atoms with Crippen molar-refractivity contribution in [3.63, 3.8) is 0 Å². The number of nitrogens with zero attached hydrogens (tertiary/aromatic N) is 2. The standard InChI is InChI=1S/C12H18N2O2/c1-7(2)14-11(9-4-5-9)10(6-13-14)8(3)12(15)16/h6-9H,4-5H2,1-3H3,(H,15,16). The molecule has 1 aliphatic rings. The van der Waals surface area contributed by atoms with E-state index in [0.29, 0.717) is 12.0 Å². The maximum Gasteiger partial charge on any atom is 0.310 e. The van der Waals surface area contributed by atoms with Gasteiger partial charge in [0.15, 0.2) is 0 Å². The monoisotopic (exact) mass is 222 g/mol. The first-order chi connectivity index (χ1) is 7.52. The molecular weight excluding hydrogens is 204 g/mol. The van der Waals surface area contributed by atoms with E-state index in [1.807, 2.05) is 4.68 Å². The highest BCUT2D eigenvalue weighted by Crippen LogP contribution is 2.44. The maximum absolute atomic E-state index is 11.0. The Morgan fingerprint density at radius 2 is 2.12 bits per heavy atom. The molecule has 1 saturated carbocycles. The molecule has 1 unspecified atom stereocenters. The number of carbonyl (C=O) groups is 1. The Morgan fingerprint density at radius 1 is 1.50 bits per heavy atom. The van der Waals surface area contributed by atoms with E-state index < -0.39 is 11.9 Å². The van der Waals surface area contributed by atoms with E-state index in [-0.39, 0.29) is 0 Å². The van der Waals surface area contributed by atoms with Crippen LogP contribution in [0.3, 0.4) is 0 Å². The van der Waals surface area contributed by atoms with Crippen molar-refractivity contribution >= 4 is 5.97 Å². The zero-order valence-electron chi connectivity index (χ0n) is 9.97. The zero-order valence-corrected chi connectivity index (χ0v) is 9.97. The topological polar surface area (TPSA) is 55.1 Å². The molecule has 1 N–H and O–H groups in total. The molecule has 1 fully saturated rings. The van der Waals surface area contributed by atoms with E-state index in [4.69, 9.17) is 5.11 Å². The van der Waals surface area contributed by atoms with Crippen molar-refractivity contribution in [1.29, 1.82) is 0 Å². The van der Waals surface area contributed by atoms with E-state index in [1.165, 1.54) is 0 Å². The van der Waals surface area contributed by atoms with Crippen LogP contribution in [0.4, 0.5) is 0 Å². The molecule has 4 nitrogen and oxygen atoms in total. The molecule has 0 spiro atoms. The molecule has 16 heavy (non-hydrogen) atoms. The summed E-state index contributed by atoms with van der Waals surface area (Å²) >= 11 is 0. The fourth-order valence-corrected chi connectivity index (χ4v) is 2.04. The van der Waals surface area contributed by atoms with Gasteiger partial charge in [0, 0.05) is 23.2 Å². The van der Waals surface area contributed by atoms with Gasteiger partial charge in [-0.2, -0.15) is 5.10 Å². The first kappa shape index (κ1) is 11.2. The van der Waals surface area contributed by atoms with Gasteiger partial charge >= 0.3 is 5.97 Å². The van der Waals surface area contributed by atoms with Crippen LogP contribution in [0.2, 0.25) is 0 Å². The largest absolute Gasteiger partial charge is 0.481 e. The number of carboxylic acids is 1. The number of rotatable bonds is 4. The van der Waals surface area contributed by atoms with Gasteiger partial charge in [0.2, 0.25) is 0 Å². The lowest BCUT2D eigenvalue weighted by Gasteiger charge is -2.13. The van der Waals surface area contributed by atoms with E-state index >= 15 is 0 Å². The first-order valence-corrected chi connectivity index (χ1v) is 5.82. The van der Waals surface area contributed by atoms with Gasteiger partial charge in [-0.05, 0) is 33.6 Å². The molecule has 4 heteroatoms. The van der Waals surface area contributed by atoms with Gasteiger partial charge in [-0.15, -0.1) is 0 Å². The van der Waals surface area contributed by atoms with Crippen molar-refractivity contribution in [2.45, 2.75) is 51.5 Å². The fraction of sp³-hybridized carbons (Fsp3) is 0.667. The van der Waals surface area contributed by atoms with E-state index in [2.05, 4.69) is 18.9 Å². The summed E-state index contributed by atoms with van der Waals surface area (Å²) in [5.74, 6) is -0.699. The van der Waals surface area contributed by atoms with Crippen molar-refractivity contribution in [1.82, 2.24) is 9.78 Å². The number of hydrogen-bond acceptors (Lipinski definition) is 2. The third-order valence-electron chi connectivity index (χ3n) is 3.15. The Kier molecular flexibility index (Phi) is 2.74. The summed E-state index contributed by atoms with van der Waals surface area (Å²) in [6.07, 6.45) is 4.06. The summed E-state index contributed by atoms with van der Waals surface area (Å²) < 4.78 is 1.98. The molecule has 1 heterocycles. The molecule has 1 aromatic heterocycles. The lowest BCUT2D eigenvalue weighted by Crippen LogP contribution is -2.12. The molecular formula is C12H18N2O2. The number of aromatic nitrogens is 2. The fourth-order valence-electron chi connectivity index (χ4n) is 2.04. The Balaban J connectivity index is 2.41. The second-order valence-electron chi connectivity index (χ2n) is 4.86. The van der Waals surface area contributed by atoms with Crippen LogP contribution in [0.5, 0.6) is 0 Å². The predicted octanol–water partition coefficient (Wildman–Crippen LogP) is 2.53. The molecule has 1 aromatic rings. The summed E-state index contributed by atoms with van der Waals surface area (Å²) in [5.41, 5.74) is 2.04. The molecule has 0 bridgehead atoms. The molecule has 1 aliphatic carbocycles. The van der Waals surface area contributed by atoms with Crippen LogP contribution in [-0.2, 0) is 4.79 Å². The highest BCUT2D eigenvalue weighted by Gasteiger charge is 2.33. The van der Waals surface area contributed by atoms with Crippen LogP contribution in [0, 0.1) is 0 Å². The second-order valence-corrected chi connectivity index (χ2v) is 4.86. The molecule has 2 rings (SSSR count). The van der Waals surface area contributed by atoms with Crippen LogP contribution >= 0.6 is 0 Å². The molecule has 1 atom stereocenters. The number of hydrogen-bond donors (Lipinski definition) is 1. The normalized spacial score (nSPS) is 17.8. The average molecular weight is 222 g/mol. The Bertz CT molecular complexity index is 405. The summed E-state index contributed by atoms with van der Waals surface area (Å²) in [5, 5.41) is 13.4. The number of aliphatic carboxylic acids is 1. The molecule has 0 amide bonds. The minimum absolute atomic E-state index is 0.297. The van der Waals surface area contributed by atoms with Crippen LogP contribution < -0.4 is 0 Å². The van der Waals surface area contributed by atoms with Crippen LogP contribution in [-0.4, -0.2) is 20.9 Å². The molecule has 88 valence electrons.